The van der Waals surface area contributed by atoms with Crippen molar-refractivity contribution in [1.82, 2.24) is 15.1 Å². The topological polar surface area (TPSA) is 61.9 Å². The Morgan fingerprint density at radius 1 is 1.48 bits per heavy atom. The predicted molar refractivity (Wildman–Crippen MR) is 73.6 cm³/mol. The molecule has 1 atom stereocenters. The highest BCUT2D eigenvalue weighted by molar-refractivity contribution is 5.88. The Morgan fingerprint density at radius 2 is 2.19 bits per heavy atom. The highest BCUT2D eigenvalue weighted by Gasteiger charge is 2.44. The van der Waals surface area contributed by atoms with E-state index in [4.69, 9.17) is 4.74 Å². The quantitative estimate of drug-likeness (QED) is 0.772. The van der Waals surface area contributed by atoms with Crippen LogP contribution in [0, 0.1) is 0 Å². The van der Waals surface area contributed by atoms with Gasteiger partial charge in [-0.15, -0.1) is 12.4 Å². The van der Waals surface area contributed by atoms with Crippen LogP contribution >= 0.6 is 12.4 Å². The van der Waals surface area contributed by atoms with Gasteiger partial charge in [-0.3, -0.25) is 14.9 Å². The second-order valence-electron chi connectivity index (χ2n) is 5.13. The van der Waals surface area contributed by atoms with Crippen molar-refractivity contribution in [1.29, 1.82) is 0 Å². The van der Waals surface area contributed by atoms with E-state index in [-0.39, 0.29) is 24.9 Å². The summed E-state index contributed by atoms with van der Waals surface area (Å²) >= 11 is 0. The molecule has 0 aromatic heterocycles. The van der Waals surface area contributed by atoms with Gasteiger partial charge in [-0.05, 0) is 0 Å². The van der Waals surface area contributed by atoms with E-state index in [1.54, 1.807) is 12.0 Å². The third kappa shape index (κ3) is 4.49. The number of methoxy groups -OCH3 is 1. The molecule has 21 heavy (non-hydrogen) atoms. The van der Waals surface area contributed by atoms with E-state index in [0.717, 1.165) is 0 Å². The van der Waals surface area contributed by atoms with Gasteiger partial charge in [-0.25, -0.2) is 8.78 Å². The van der Waals surface area contributed by atoms with Gasteiger partial charge in [0.1, 0.15) is 0 Å². The number of nitrogens with zero attached hydrogens (tertiary/aromatic N) is 2. The SMILES string of the molecule is COCCN1CCN(C(=O)C2CC(F)(F)CN2)CC1=O.Cl. The zero-order valence-corrected chi connectivity index (χ0v) is 12.6. The Balaban J connectivity index is 0.00000220. The highest BCUT2D eigenvalue weighted by Crippen LogP contribution is 2.26. The first-order chi connectivity index (χ1) is 9.43. The second kappa shape index (κ2) is 7.33. The molecule has 0 radical (unpaired) electrons. The number of carbonyl (C=O) groups excluding carboxylic acids is 2. The van der Waals surface area contributed by atoms with Crippen molar-refractivity contribution in [3.63, 3.8) is 0 Å². The van der Waals surface area contributed by atoms with E-state index in [2.05, 4.69) is 5.32 Å². The van der Waals surface area contributed by atoms with Crippen molar-refractivity contribution >= 4 is 24.2 Å². The van der Waals surface area contributed by atoms with Gasteiger partial charge >= 0.3 is 0 Å². The fourth-order valence-corrected chi connectivity index (χ4v) is 2.45. The molecule has 2 rings (SSSR count). The van der Waals surface area contributed by atoms with E-state index in [9.17, 15) is 18.4 Å². The number of hydrogen-bond acceptors (Lipinski definition) is 4. The number of alkyl halides is 2. The Labute approximate surface area is 128 Å². The van der Waals surface area contributed by atoms with Crippen LogP contribution in [-0.2, 0) is 14.3 Å². The second-order valence-corrected chi connectivity index (χ2v) is 5.13. The fraction of sp³-hybridized carbons (Fsp3) is 0.833. The highest BCUT2D eigenvalue weighted by atomic mass is 35.5. The van der Waals surface area contributed by atoms with Gasteiger partial charge in [0.2, 0.25) is 11.8 Å². The van der Waals surface area contributed by atoms with Gasteiger partial charge in [0.25, 0.3) is 5.92 Å². The van der Waals surface area contributed by atoms with Crippen molar-refractivity contribution < 1.29 is 23.1 Å². The van der Waals surface area contributed by atoms with Gasteiger partial charge in [0.05, 0.1) is 25.7 Å². The number of rotatable bonds is 4. The lowest BCUT2D eigenvalue weighted by atomic mass is 10.1. The summed E-state index contributed by atoms with van der Waals surface area (Å²) in [5, 5.41) is 2.52. The molecular weight excluding hydrogens is 308 g/mol. The fourth-order valence-electron chi connectivity index (χ4n) is 2.45. The molecule has 0 aromatic rings. The molecule has 0 saturated carbocycles. The smallest absolute Gasteiger partial charge is 0.262 e. The van der Waals surface area contributed by atoms with Gasteiger partial charge < -0.3 is 14.5 Å². The van der Waals surface area contributed by atoms with E-state index in [0.29, 0.717) is 26.2 Å². The summed E-state index contributed by atoms with van der Waals surface area (Å²) in [5.74, 6) is -3.43. The average molecular weight is 328 g/mol. The largest absolute Gasteiger partial charge is 0.383 e. The molecule has 9 heteroatoms. The summed E-state index contributed by atoms with van der Waals surface area (Å²) in [7, 11) is 1.55. The van der Waals surface area contributed by atoms with Crippen molar-refractivity contribution in [2.24, 2.45) is 0 Å². The molecule has 2 heterocycles. The van der Waals surface area contributed by atoms with Crippen LogP contribution in [0.15, 0.2) is 0 Å². The van der Waals surface area contributed by atoms with E-state index < -0.39 is 30.8 Å². The maximum atomic E-state index is 13.1. The zero-order valence-electron chi connectivity index (χ0n) is 11.8. The Hall–Kier alpha value is -0.990. The summed E-state index contributed by atoms with van der Waals surface area (Å²) in [6.07, 6.45) is -0.496. The molecular formula is C12H20ClF2N3O3. The molecule has 122 valence electrons. The number of ether oxygens (including phenoxy) is 1. The molecule has 2 aliphatic heterocycles. The van der Waals surface area contributed by atoms with Gasteiger partial charge in [-0.2, -0.15) is 0 Å². The number of carbonyl (C=O) groups is 2. The molecule has 2 aliphatic rings. The Morgan fingerprint density at radius 3 is 2.71 bits per heavy atom. The lowest BCUT2D eigenvalue weighted by Crippen LogP contribution is -2.56. The zero-order chi connectivity index (χ0) is 14.8. The average Bonchev–Trinajstić information content (AvgIpc) is 2.77. The van der Waals surface area contributed by atoms with Crippen molar-refractivity contribution in [3.8, 4) is 0 Å². The van der Waals surface area contributed by atoms with Gasteiger partial charge in [-0.1, -0.05) is 0 Å². The van der Waals surface area contributed by atoms with Crippen LogP contribution in [0.25, 0.3) is 0 Å². The molecule has 1 N–H and O–H groups in total. The first-order valence-electron chi connectivity index (χ1n) is 6.60. The molecule has 1 unspecified atom stereocenters. The van der Waals surface area contributed by atoms with Crippen LogP contribution in [0.1, 0.15) is 6.42 Å². The summed E-state index contributed by atoms with van der Waals surface area (Å²) in [4.78, 5) is 26.9. The minimum absolute atomic E-state index is 0. The predicted octanol–water partition coefficient (Wildman–Crippen LogP) is -0.277. The maximum Gasteiger partial charge on any atom is 0.262 e. The van der Waals surface area contributed by atoms with Gasteiger partial charge in [0.15, 0.2) is 0 Å². The van der Waals surface area contributed by atoms with E-state index in [1.165, 1.54) is 4.90 Å². The number of hydrogen-bond donors (Lipinski definition) is 1. The van der Waals surface area contributed by atoms with Crippen LogP contribution in [0.2, 0.25) is 0 Å². The van der Waals surface area contributed by atoms with Crippen LogP contribution in [0.5, 0.6) is 0 Å². The molecule has 2 amide bonds. The van der Waals surface area contributed by atoms with Crippen LogP contribution in [0.3, 0.4) is 0 Å². The van der Waals surface area contributed by atoms with Crippen LogP contribution < -0.4 is 5.32 Å². The van der Waals surface area contributed by atoms with E-state index >= 15 is 0 Å². The first kappa shape index (κ1) is 18.1. The van der Waals surface area contributed by atoms with Crippen LogP contribution in [-0.4, -0.2) is 80.0 Å². The maximum absolute atomic E-state index is 13.1. The molecule has 2 fully saturated rings. The standard InChI is InChI=1S/C12H19F2N3O3.ClH/c1-20-5-4-16-2-3-17(7-10(16)18)11(19)9-6-12(13,14)8-15-9;/h9,15H,2-8H2,1H3;1H. The summed E-state index contributed by atoms with van der Waals surface area (Å²) in [6, 6.07) is -0.886. The summed E-state index contributed by atoms with van der Waals surface area (Å²) in [5.41, 5.74) is 0. The lowest BCUT2D eigenvalue weighted by Gasteiger charge is -2.35. The molecule has 6 nitrogen and oxygen atoms in total. The minimum atomic E-state index is -2.84. The van der Waals surface area contributed by atoms with Gasteiger partial charge in [0, 0.05) is 33.2 Å². The number of halogens is 3. The number of nitrogens with one attached hydrogen (secondary N) is 1. The van der Waals surface area contributed by atoms with Crippen molar-refractivity contribution in [2.45, 2.75) is 18.4 Å². The number of amides is 2. The molecule has 2 saturated heterocycles. The van der Waals surface area contributed by atoms with Crippen LogP contribution in [0.4, 0.5) is 8.78 Å². The number of piperazine rings is 1. The molecule has 0 bridgehead atoms. The summed E-state index contributed by atoms with van der Waals surface area (Å²) in [6.45, 7) is 1.18. The van der Waals surface area contributed by atoms with E-state index in [1.807, 2.05) is 0 Å². The van der Waals surface area contributed by atoms with Crippen molar-refractivity contribution in [3.05, 3.63) is 0 Å². The lowest BCUT2D eigenvalue weighted by molar-refractivity contribution is -0.146. The third-order valence-electron chi connectivity index (χ3n) is 3.60. The minimum Gasteiger partial charge on any atom is -0.383 e. The Bertz CT molecular complexity index is 398. The molecule has 0 spiro atoms. The molecule has 0 aromatic carbocycles. The molecule has 0 aliphatic carbocycles. The third-order valence-corrected chi connectivity index (χ3v) is 3.60. The summed E-state index contributed by atoms with van der Waals surface area (Å²) < 4.78 is 31.1. The normalized spacial score (nSPS) is 24.9. The van der Waals surface area contributed by atoms with Crippen molar-refractivity contribution in [2.75, 3.05) is 46.4 Å². The monoisotopic (exact) mass is 327 g/mol. The first-order valence-corrected chi connectivity index (χ1v) is 6.60. The Kier molecular flexibility index (Phi) is 6.30.